The summed E-state index contributed by atoms with van der Waals surface area (Å²) in [4.78, 5) is 26.2. The van der Waals surface area contributed by atoms with Crippen molar-refractivity contribution < 1.29 is 28.5 Å². The lowest BCUT2D eigenvalue weighted by atomic mass is 9.96. The maximum absolute atomic E-state index is 13.7. The van der Waals surface area contributed by atoms with E-state index in [1.165, 1.54) is 44.9 Å². The van der Waals surface area contributed by atoms with Gasteiger partial charge in [-0.05, 0) is 48.0 Å². The first-order valence-electron chi connectivity index (χ1n) is 12.3. The molecule has 2 heterocycles. The zero-order chi connectivity index (χ0) is 26.3. The van der Waals surface area contributed by atoms with Gasteiger partial charge in [-0.1, -0.05) is 39.0 Å². The molecule has 0 fully saturated rings. The van der Waals surface area contributed by atoms with Gasteiger partial charge in [-0.15, -0.1) is 10.2 Å². The molecule has 0 saturated carbocycles. The number of tetrazole rings is 1. The summed E-state index contributed by atoms with van der Waals surface area (Å²) < 4.78 is 22.5. The number of nitrogens with two attached hydrogens (primary N) is 1. The Morgan fingerprint density at radius 2 is 1.84 bits per heavy atom. The molecule has 3 aromatic rings. The van der Waals surface area contributed by atoms with E-state index in [2.05, 4.69) is 27.5 Å². The number of ether oxygens (including phenoxy) is 4. The summed E-state index contributed by atoms with van der Waals surface area (Å²) in [7, 11) is 1.23. The van der Waals surface area contributed by atoms with Gasteiger partial charge in [0.1, 0.15) is 12.4 Å². The number of H-pyrrole nitrogens is 1. The van der Waals surface area contributed by atoms with Crippen LogP contribution in [0.4, 0.5) is 0 Å². The minimum Gasteiger partial charge on any atom is -0.494 e. The number of aromatic nitrogens is 4. The Labute approximate surface area is 214 Å². The number of hydrogen-bond donors (Lipinski definition) is 2. The molecule has 37 heavy (non-hydrogen) atoms. The summed E-state index contributed by atoms with van der Waals surface area (Å²) in [5.74, 6) is -0.241. The van der Waals surface area contributed by atoms with E-state index >= 15 is 0 Å². The molecular formula is C26H31N5O6. The monoisotopic (exact) mass is 509 g/mol. The standard InChI is InChI=1S/C26H31N5O6/c1-3-4-5-6-7-8-15-35-18-11-9-17(10-12-18)22(32)21-19(24(33)34-2)13-14-20-23(21)37-26(27,16-36-20)25-28-30-31-29-25/h9-14H,3-8,15-16,27H2,1-2H3,(H,28,29,30,31). The summed E-state index contributed by atoms with van der Waals surface area (Å²) in [6, 6.07) is 9.70. The van der Waals surface area contributed by atoms with Crippen molar-refractivity contribution in [3.05, 3.63) is 58.9 Å². The number of carbonyl (C=O) groups is 2. The lowest BCUT2D eigenvalue weighted by Gasteiger charge is -2.33. The summed E-state index contributed by atoms with van der Waals surface area (Å²) in [5, 5.41) is 13.6. The predicted molar refractivity (Wildman–Crippen MR) is 133 cm³/mol. The fourth-order valence-electron chi connectivity index (χ4n) is 4.05. The molecule has 1 aliphatic rings. The Bertz CT molecular complexity index is 1210. The van der Waals surface area contributed by atoms with Crippen LogP contribution >= 0.6 is 0 Å². The second-order valence-corrected chi connectivity index (χ2v) is 8.79. The number of nitrogens with zero attached hydrogens (tertiary/aromatic N) is 3. The number of nitrogens with one attached hydrogen (secondary N) is 1. The van der Waals surface area contributed by atoms with Crippen LogP contribution in [0, 0.1) is 0 Å². The average molecular weight is 510 g/mol. The third-order valence-electron chi connectivity index (χ3n) is 6.09. The number of ketones is 1. The lowest BCUT2D eigenvalue weighted by molar-refractivity contribution is -0.0156. The van der Waals surface area contributed by atoms with Gasteiger partial charge in [-0.3, -0.25) is 10.5 Å². The summed E-state index contributed by atoms with van der Waals surface area (Å²) in [6.45, 7) is 2.68. The third kappa shape index (κ3) is 5.88. The smallest absolute Gasteiger partial charge is 0.338 e. The van der Waals surface area contributed by atoms with Crippen LogP contribution in [-0.4, -0.2) is 52.7 Å². The molecule has 1 atom stereocenters. The van der Waals surface area contributed by atoms with E-state index in [4.69, 9.17) is 24.7 Å². The van der Waals surface area contributed by atoms with Crippen molar-refractivity contribution in [2.45, 2.75) is 51.2 Å². The molecule has 0 amide bonds. The van der Waals surface area contributed by atoms with Crippen LogP contribution in [0.25, 0.3) is 0 Å². The first-order valence-corrected chi connectivity index (χ1v) is 12.3. The van der Waals surface area contributed by atoms with Crippen LogP contribution in [-0.2, 0) is 10.5 Å². The van der Waals surface area contributed by atoms with Crippen molar-refractivity contribution in [1.29, 1.82) is 0 Å². The van der Waals surface area contributed by atoms with Crippen molar-refractivity contribution in [3.8, 4) is 17.2 Å². The van der Waals surface area contributed by atoms with E-state index in [-0.39, 0.29) is 35.1 Å². The fourth-order valence-corrected chi connectivity index (χ4v) is 4.05. The molecule has 1 aliphatic heterocycles. The Balaban J connectivity index is 1.55. The SMILES string of the molecule is CCCCCCCCOc1ccc(C(=O)c2c(C(=O)OC)ccc3c2OC(N)(c2nn[nH]n2)CO3)cc1. The van der Waals surface area contributed by atoms with Crippen molar-refractivity contribution in [1.82, 2.24) is 20.6 Å². The number of methoxy groups -OCH3 is 1. The van der Waals surface area contributed by atoms with Crippen LogP contribution < -0.4 is 19.9 Å². The number of aromatic amines is 1. The van der Waals surface area contributed by atoms with Crippen molar-refractivity contribution >= 4 is 11.8 Å². The summed E-state index contributed by atoms with van der Waals surface area (Å²) in [6.07, 6.45) is 7.04. The van der Waals surface area contributed by atoms with Gasteiger partial charge in [0.05, 0.1) is 24.8 Å². The number of benzene rings is 2. The Morgan fingerprint density at radius 3 is 2.54 bits per heavy atom. The number of fused-ring (bicyclic) bond motifs is 1. The van der Waals surface area contributed by atoms with Crippen molar-refractivity contribution in [2.24, 2.45) is 5.73 Å². The van der Waals surface area contributed by atoms with E-state index in [0.29, 0.717) is 17.9 Å². The minimum absolute atomic E-state index is 0.00477. The Hall–Kier alpha value is -3.99. The van der Waals surface area contributed by atoms with E-state index in [9.17, 15) is 9.59 Å². The Morgan fingerprint density at radius 1 is 1.08 bits per heavy atom. The second-order valence-electron chi connectivity index (χ2n) is 8.79. The van der Waals surface area contributed by atoms with E-state index in [1.54, 1.807) is 24.3 Å². The average Bonchev–Trinajstić information content (AvgIpc) is 3.48. The van der Waals surface area contributed by atoms with E-state index < -0.39 is 17.5 Å². The first-order chi connectivity index (χ1) is 18.0. The molecule has 1 unspecified atom stereocenters. The molecule has 0 radical (unpaired) electrons. The number of unbranched alkanes of at least 4 members (excludes halogenated alkanes) is 5. The summed E-state index contributed by atoms with van der Waals surface area (Å²) in [5.41, 5.74) is 5.01. The first kappa shape index (κ1) is 26.1. The molecule has 1 aromatic heterocycles. The maximum Gasteiger partial charge on any atom is 0.338 e. The third-order valence-corrected chi connectivity index (χ3v) is 6.09. The Kier molecular flexibility index (Phi) is 8.34. The predicted octanol–water partition coefficient (Wildman–Crippen LogP) is 3.54. The lowest BCUT2D eigenvalue weighted by Crippen LogP contribution is -2.51. The van der Waals surface area contributed by atoms with Crippen molar-refractivity contribution in [2.75, 3.05) is 20.3 Å². The summed E-state index contributed by atoms with van der Waals surface area (Å²) >= 11 is 0. The quantitative estimate of drug-likeness (QED) is 0.211. The van der Waals surface area contributed by atoms with Crippen LogP contribution in [0.2, 0.25) is 0 Å². The van der Waals surface area contributed by atoms with Gasteiger partial charge in [0, 0.05) is 5.56 Å². The number of hydrogen-bond acceptors (Lipinski definition) is 10. The highest BCUT2D eigenvalue weighted by Crippen LogP contribution is 2.42. The molecule has 3 N–H and O–H groups in total. The highest BCUT2D eigenvalue weighted by Gasteiger charge is 2.42. The van der Waals surface area contributed by atoms with Gasteiger partial charge in [0.25, 0.3) is 5.72 Å². The molecule has 4 rings (SSSR count). The zero-order valence-corrected chi connectivity index (χ0v) is 21.0. The maximum atomic E-state index is 13.7. The number of esters is 1. The molecular weight excluding hydrogens is 478 g/mol. The molecule has 2 aromatic carbocycles. The normalized spacial score (nSPS) is 16.3. The molecule has 0 bridgehead atoms. The second kappa shape index (κ2) is 11.8. The van der Waals surface area contributed by atoms with E-state index in [1.807, 2.05) is 0 Å². The molecule has 11 nitrogen and oxygen atoms in total. The minimum atomic E-state index is -1.63. The van der Waals surface area contributed by atoms with Gasteiger partial charge in [0.15, 0.2) is 17.3 Å². The highest BCUT2D eigenvalue weighted by atomic mass is 16.6. The van der Waals surface area contributed by atoms with Gasteiger partial charge >= 0.3 is 5.97 Å². The van der Waals surface area contributed by atoms with Crippen LogP contribution in [0.15, 0.2) is 36.4 Å². The van der Waals surface area contributed by atoms with Crippen LogP contribution in [0.3, 0.4) is 0 Å². The molecule has 0 spiro atoms. The fraction of sp³-hybridized carbons (Fsp3) is 0.423. The van der Waals surface area contributed by atoms with Crippen molar-refractivity contribution in [3.63, 3.8) is 0 Å². The zero-order valence-electron chi connectivity index (χ0n) is 21.0. The van der Waals surface area contributed by atoms with Gasteiger partial charge in [-0.25, -0.2) is 4.79 Å². The van der Waals surface area contributed by atoms with Gasteiger partial charge in [0.2, 0.25) is 5.82 Å². The molecule has 0 saturated heterocycles. The number of rotatable bonds is 12. The largest absolute Gasteiger partial charge is 0.494 e. The van der Waals surface area contributed by atoms with Crippen LogP contribution in [0.5, 0.6) is 17.2 Å². The van der Waals surface area contributed by atoms with Gasteiger partial charge < -0.3 is 18.9 Å². The van der Waals surface area contributed by atoms with E-state index in [0.717, 1.165) is 12.8 Å². The molecule has 11 heteroatoms. The topological polar surface area (TPSA) is 152 Å². The highest BCUT2D eigenvalue weighted by molar-refractivity contribution is 6.16. The van der Waals surface area contributed by atoms with Crippen LogP contribution in [0.1, 0.15) is 77.6 Å². The van der Waals surface area contributed by atoms with Gasteiger partial charge in [-0.2, -0.15) is 5.21 Å². The molecule has 0 aliphatic carbocycles. The number of carbonyl (C=O) groups excluding carboxylic acids is 2. The molecule has 196 valence electrons.